The number of halogens is 1. The Balaban J connectivity index is 0. The SMILES string of the molecule is [Ca+2].[O-][Cl+2]([O-])[O-]. The summed E-state index contributed by atoms with van der Waals surface area (Å²) in [5.74, 6) is 0. The molecular formula is CaClO3+. The third-order valence-electron chi connectivity index (χ3n) is 0. The zero-order valence-corrected chi connectivity index (χ0v) is 5.27. The molecule has 0 aliphatic heterocycles. The summed E-state index contributed by atoms with van der Waals surface area (Å²) in [5, 5.41) is 0. The molecule has 0 heterocycles. The summed E-state index contributed by atoms with van der Waals surface area (Å²) < 4.78 is 25.2. The average molecular weight is 124 g/mol. The molecule has 0 amide bonds. The van der Waals surface area contributed by atoms with Gasteiger partial charge in [0.25, 0.3) is 0 Å². The molecule has 26 valence electrons. The van der Waals surface area contributed by atoms with E-state index in [1.807, 2.05) is 0 Å². The van der Waals surface area contributed by atoms with E-state index in [0.717, 1.165) is 0 Å². The molecule has 0 N–H and O–H groups in total. The summed E-state index contributed by atoms with van der Waals surface area (Å²) in [6.45, 7) is 0. The third-order valence-corrected chi connectivity index (χ3v) is 0. The van der Waals surface area contributed by atoms with Gasteiger partial charge in [-0.25, -0.2) is 0 Å². The molecule has 0 aromatic heterocycles. The third kappa shape index (κ3) is 31.2. The molecule has 5 heteroatoms. The van der Waals surface area contributed by atoms with Gasteiger partial charge in [0.05, 0.1) is 10.8 Å². The summed E-state index contributed by atoms with van der Waals surface area (Å²) in [4.78, 5) is 0. The van der Waals surface area contributed by atoms with E-state index in [9.17, 15) is 0 Å². The molecule has 0 aliphatic rings. The van der Waals surface area contributed by atoms with E-state index in [1.165, 1.54) is 0 Å². The van der Waals surface area contributed by atoms with E-state index in [0.29, 0.717) is 0 Å². The van der Waals surface area contributed by atoms with Gasteiger partial charge in [-0.3, -0.25) is 0 Å². The summed E-state index contributed by atoms with van der Waals surface area (Å²) in [5.41, 5.74) is 0. The second-order valence-corrected chi connectivity index (χ2v) is 0.567. The van der Waals surface area contributed by atoms with Gasteiger partial charge in [0.1, 0.15) is 0 Å². The van der Waals surface area contributed by atoms with E-state index < -0.39 is 10.8 Å². The molecule has 0 atom stereocenters. The Hall–Kier alpha value is 1.43. The average Bonchev–Trinajstić information content (AvgIpc) is 0.811. The molecule has 0 bridgehead atoms. The quantitative estimate of drug-likeness (QED) is 0.309. The minimum absolute atomic E-state index is 0. The van der Waals surface area contributed by atoms with Crippen LogP contribution in [-0.4, -0.2) is 37.7 Å². The normalized spacial score (nSPS) is 7.20. The van der Waals surface area contributed by atoms with Gasteiger partial charge in [-0.1, -0.05) is 0 Å². The van der Waals surface area contributed by atoms with Gasteiger partial charge >= 0.3 is 37.7 Å². The molecule has 0 saturated carbocycles. The van der Waals surface area contributed by atoms with Crippen molar-refractivity contribution >= 4 is 37.7 Å². The van der Waals surface area contributed by atoms with Crippen molar-refractivity contribution in [2.45, 2.75) is 0 Å². The monoisotopic (exact) mass is 123 g/mol. The number of hydrogen-bond donors (Lipinski definition) is 0. The first kappa shape index (κ1) is 9.66. The van der Waals surface area contributed by atoms with E-state index in [4.69, 9.17) is 14.0 Å². The van der Waals surface area contributed by atoms with Gasteiger partial charge in [0, 0.05) is 0 Å². The fourth-order valence-corrected chi connectivity index (χ4v) is 0. The van der Waals surface area contributed by atoms with Crippen LogP contribution in [0, 0.1) is 10.8 Å². The molecule has 3 nitrogen and oxygen atoms in total. The Morgan fingerprint density at radius 2 is 1.00 bits per heavy atom. The van der Waals surface area contributed by atoms with E-state index in [-0.39, 0.29) is 37.7 Å². The number of rotatable bonds is 0. The molecule has 0 radical (unpaired) electrons. The first-order valence-electron chi connectivity index (χ1n) is 0.463. The Labute approximate surface area is 62.0 Å². The zero-order valence-electron chi connectivity index (χ0n) is 2.31. The maximum absolute atomic E-state index is 8.41. The second-order valence-electron chi connectivity index (χ2n) is 0.189. The predicted molar refractivity (Wildman–Crippen MR) is 5.75 cm³/mol. The molecule has 0 aliphatic carbocycles. The van der Waals surface area contributed by atoms with Crippen LogP contribution in [0.25, 0.3) is 0 Å². The predicted octanol–water partition coefficient (Wildman–Crippen LogP) is -3.95. The van der Waals surface area contributed by atoms with Crippen LogP contribution in [0.5, 0.6) is 0 Å². The summed E-state index contributed by atoms with van der Waals surface area (Å²) in [6.07, 6.45) is 0. The minimum atomic E-state index is -2.85. The van der Waals surface area contributed by atoms with Crippen molar-refractivity contribution in [3.05, 3.63) is 0 Å². The van der Waals surface area contributed by atoms with Crippen molar-refractivity contribution in [1.82, 2.24) is 0 Å². The Morgan fingerprint density at radius 1 is 1.00 bits per heavy atom. The number of hydrogen-bond acceptors (Lipinski definition) is 3. The summed E-state index contributed by atoms with van der Waals surface area (Å²) >= 11 is 0. The van der Waals surface area contributed by atoms with E-state index >= 15 is 0 Å². The Morgan fingerprint density at radius 3 is 1.00 bits per heavy atom. The minimum Gasteiger partial charge on any atom is -0.357 e. The van der Waals surface area contributed by atoms with Crippen LogP contribution in [0.3, 0.4) is 0 Å². The van der Waals surface area contributed by atoms with E-state index in [1.54, 1.807) is 0 Å². The van der Waals surface area contributed by atoms with Gasteiger partial charge in [-0.15, -0.1) is 0 Å². The van der Waals surface area contributed by atoms with Crippen molar-refractivity contribution in [2.24, 2.45) is 0 Å². The smallest absolute Gasteiger partial charge is 0.357 e. The maximum Gasteiger partial charge on any atom is 2.00 e. The van der Waals surface area contributed by atoms with Crippen molar-refractivity contribution in [2.75, 3.05) is 0 Å². The first-order valence-corrected chi connectivity index (χ1v) is 1.39. The molecule has 0 aromatic carbocycles. The Kier molecular flexibility index (Phi) is 10.5. The van der Waals surface area contributed by atoms with Gasteiger partial charge in [-0.2, -0.15) is 0 Å². The standard InChI is InChI=1S/Ca.ClO3/c;2-1(3)4/q+2;-1. The molecule has 0 fully saturated rings. The van der Waals surface area contributed by atoms with Gasteiger partial charge < -0.3 is 14.0 Å². The van der Waals surface area contributed by atoms with Gasteiger partial charge in [0.15, 0.2) is 0 Å². The van der Waals surface area contributed by atoms with Gasteiger partial charge in [0.2, 0.25) is 0 Å². The van der Waals surface area contributed by atoms with Crippen molar-refractivity contribution in [3.63, 3.8) is 0 Å². The molecule has 5 heavy (non-hydrogen) atoms. The summed E-state index contributed by atoms with van der Waals surface area (Å²) in [7, 11) is -2.85. The van der Waals surface area contributed by atoms with E-state index in [2.05, 4.69) is 0 Å². The van der Waals surface area contributed by atoms with Gasteiger partial charge in [-0.05, 0) is 0 Å². The largest absolute Gasteiger partial charge is 2.00 e. The Bertz CT molecular complexity index is 11.6. The first-order chi connectivity index (χ1) is 1.73. The maximum atomic E-state index is 8.41. The molecule has 0 spiro atoms. The molecule has 0 rings (SSSR count). The van der Waals surface area contributed by atoms with Crippen LogP contribution in [0.2, 0.25) is 0 Å². The van der Waals surface area contributed by atoms with Crippen LogP contribution < -0.4 is 14.0 Å². The van der Waals surface area contributed by atoms with Crippen LogP contribution in [0.4, 0.5) is 0 Å². The fourth-order valence-electron chi connectivity index (χ4n) is 0. The second kappa shape index (κ2) is 5.43. The fraction of sp³-hybridized carbons (Fsp3) is 0. The molecule has 0 unspecified atom stereocenters. The van der Waals surface area contributed by atoms with Crippen molar-refractivity contribution in [1.29, 1.82) is 0 Å². The zero-order chi connectivity index (χ0) is 3.58. The summed E-state index contributed by atoms with van der Waals surface area (Å²) in [6, 6.07) is 0. The van der Waals surface area contributed by atoms with Crippen LogP contribution in [0.1, 0.15) is 0 Å². The molecular weight excluding hydrogens is 124 g/mol. The topological polar surface area (TPSA) is 69.2 Å². The van der Waals surface area contributed by atoms with Crippen LogP contribution in [0.15, 0.2) is 0 Å². The molecule has 0 aromatic rings. The molecule has 0 saturated heterocycles. The van der Waals surface area contributed by atoms with Crippen LogP contribution in [-0.2, 0) is 0 Å². The van der Waals surface area contributed by atoms with Crippen molar-refractivity contribution in [3.8, 4) is 0 Å². The van der Waals surface area contributed by atoms with Crippen molar-refractivity contribution < 1.29 is 24.8 Å². The van der Waals surface area contributed by atoms with Crippen LogP contribution >= 0.6 is 0 Å².